The summed E-state index contributed by atoms with van der Waals surface area (Å²) in [6.07, 6.45) is 0. The minimum absolute atomic E-state index is 0.0146. The van der Waals surface area contributed by atoms with Gasteiger partial charge >= 0.3 is 0 Å². The minimum Gasteiger partial charge on any atom is -0.497 e. The predicted octanol–water partition coefficient (Wildman–Crippen LogP) is 3.37. The van der Waals surface area contributed by atoms with Crippen molar-refractivity contribution in [2.75, 3.05) is 7.11 Å². The molecule has 0 amide bonds. The fourth-order valence-electron chi connectivity index (χ4n) is 2.09. The number of rotatable bonds is 5. The molecule has 0 aliphatic carbocycles. The maximum atomic E-state index is 12.4. The maximum absolute atomic E-state index is 12.4. The van der Waals surface area contributed by atoms with Gasteiger partial charge in [0.05, 0.1) is 12.0 Å². The second-order valence-corrected chi connectivity index (χ2v) is 7.38. The fraction of sp³-hybridized carbons (Fsp3) is 0.125. The van der Waals surface area contributed by atoms with Crippen molar-refractivity contribution in [2.24, 2.45) is 0 Å². The van der Waals surface area contributed by atoms with Gasteiger partial charge in [0.25, 0.3) is 0 Å². The quantitative estimate of drug-likeness (QED) is 0.690. The zero-order valence-corrected chi connectivity index (χ0v) is 14.2. The van der Waals surface area contributed by atoms with Crippen LogP contribution in [0.15, 0.2) is 57.9 Å². The lowest BCUT2D eigenvalue weighted by molar-refractivity contribution is 0.389. The molecule has 8 heteroatoms. The van der Waals surface area contributed by atoms with E-state index in [1.54, 1.807) is 36.4 Å². The van der Waals surface area contributed by atoms with E-state index in [2.05, 4.69) is 10.1 Å². The van der Waals surface area contributed by atoms with Crippen LogP contribution in [0.2, 0.25) is 5.02 Å². The number of hydrogen-bond donors (Lipinski definition) is 0. The van der Waals surface area contributed by atoms with E-state index < -0.39 is 9.84 Å². The molecule has 0 bridgehead atoms. The molecule has 6 nitrogen and oxygen atoms in total. The zero-order valence-electron chi connectivity index (χ0n) is 12.6. The molecule has 24 heavy (non-hydrogen) atoms. The summed E-state index contributed by atoms with van der Waals surface area (Å²) in [4.78, 5) is 4.28. The monoisotopic (exact) mass is 364 g/mol. The average molecular weight is 365 g/mol. The van der Waals surface area contributed by atoms with Crippen LogP contribution in [0.25, 0.3) is 11.4 Å². The van der Waals surface area contributed by atoms with Crippen molar-refractivity contribution < 1.29 is 17.7 Å². The molecule has 0 spiro atoms. The van der Waals surface area contributed by atoms with Crippen LogP contribution >= 0.6 is 11.6 Å². The second-order valence-electron chi connectivity index (χ2n) is 4.96. The third kappa shape index (κ3) is 3.58. The molecular formula is C16H13ClN2O4S. The molecule has 3 rings (SSSR count). The smallest absolute Gasteiger partial charge is 0.242 e. The molecule has 1 heterocycles. The summed E-state index contributed by atoms with van der Waals surface area (Å²) in [6.45, 7) is 0. The summed E-state index contributed by atoms with van der Waals surface area (Å²) in [6, 6.07) is 13.0. The van der Waals surface area contributed by atoms with E-state index in [0.717, 1.165) is 0 Å². The Morgan fingerprint density at radius 1 is 1.17 bits per heavy atom. The Labute approximate surface area is 144 Å². The van der Waals surface area contributed by atoms with E-state index in [4.69, 9.17) is 20.9 Å². The third-order valence-corrected chi connectivity index (χ3v) is 5.14. The van der Waals surface area contributed by atoms with Gasteiger partial charge in [-0.05, 0) is 36.4 Å². The number of aromatic nitrogens is 2. The molecule has 0 saturated carbocycles. The first-order valence-electron chi connectivity index (χ1n) is 6.93. The van der Waals surface area contributed by atoms with Crippen molar-refractivity contribution in [3.05, 3.63) is 59.4 Å². The van der Waals surface area contributed by atoms with Crippen LogP contribution < -0.4 is 4.74 Å². The van der Waals surface area contributed by atoms with Gasteiger partial charge < -0.3 is 9.26 Å². The molecular weight excluding hydrogens is 352 g/mol. The lowest BCUT2D eigenvalue weighted by atomic mass is 10.2. The number of halogens is 1. The number of hydrogen-bond acceptors (Lipinski definition) is 6. The van der Waals surface area contributed by atoms with Gasteiger partial charge in [-0.25, -0.2) is 8.42 Å². The Kier molecular flexibility index (Phi) is 4.55. The Bertz CT molecular complexity index is 952. The molecule has 3 aromatic rings. The predicted molar refractivity (Wildman–Crippen MR) is 88.6 cm³/mol. The van der Waals surface area contributed by atoms with E-state index >= 15 is 0 Å². The Morgan fingerprint density at radius 2 is 1.92 bits per heavy atom. The second kappa shape index (κ2) is 6.62. The van der Waals surface area contributed by atoms with Crippen LogP contribution in [0.4, 0.5) is 0 Å². The summed E-state index contributed by atoms with van der Waals surface area (Å²) in [7, 11) is -2.08. The normalized spacial score (nSPS) is 11.4. The van der Waals surface area contributed by atoms with Crippen LogP contribution in [0.3, 0.4) is 0 Å². The first-order chi connectivity index (χ1) is 11.5. The van der Waals surface area contributed by atoms with E-state index in [-0.39, 0.29) is 22.4 Å². The van der Waals surface area contributed by atoms with Gasteiger partial charge in [-0.15, -0.1) is 0 Å². The SMILES string of the molecule is COc1ccc(S(=O)(=O)Cc2nc(-c3cccc(Cl)c3)no2)cc1. The topological polar surface area (TPSA) is 82.3 Å². The maximum Gasteiger partial charge on any atom is 0.242 e. The van der Waals surface area contributed by atoms with Crippen molar-refractivity contribution >= 4 is 21.4 Å². The highest BCUT2D eigenvalue weighted by molar-refractivity contribution is 7.90. The zero-order chi connectivity index (χ0) is 17.2. The van der Waals surface area contributed by atoms with Gasteiger partial charge in [0.15, 0.2) is 9.84 Å². The highest BCUT2D eigenvalue weighted by Crippen LogP contribution is 2.22. The van der Waals surface area contributed by atoms with Crippen molar-refractivity contribution in [1.29, 1.82) is 0 Å². The summed E-state index contributed by atoms with van der Waals surface area (Å²) in [5.41, 5.74) is 0.652. The van der Waals surface area contributed by atoms with Crippen LogP contribution in [0, 0.1) is 0 Å². The molecule has 0 aliphatic heterocycles. The molecule has 0 aliphatic rings. The molecule has 124 valence electrons. The molecule has 0 saturated heterocycles. The Balaban J connectivity index is 1.83. The lowest BCUT2D eigenvalue weighted by Gasteiger charge is -2.03. The number of sulfone groups is 1. The standard InChI is InChI=1S/C16H13ClN2O4S/c1-22-13-5-7-14(8-6-13)24(20,21)10-15-18-16(19-23-15)11-3-2-4-12(17)9-11/h2-9H,10H2,1H3. The molecule has 2 aromatic carbocycles. The Hall–Kier alpha value is -2.38. The van der Waals surface area contributed by atoms with Gasteiger partial charge in [0.1, 0.15) is 11.5 Å². The van der Waals surface area contributed by atoms with E-state index in [0.29, 0.717) is 16.3 Å². The lowest BCUT2D eigenvalue weighted by Crippen LogP contribution is -2.05. The molecule has 0 atom stereocenters. The average Bonchev–Trinajstić information content (AvgIpc) is 3.03. The molecule has 0 radical (unpaired) electrons. The van der Waals surface area contributed by atoms with Gasteiger partial charge in [-0.1, -0.05) is 28.9 Å². The van der Waals surface area contributed by atoms with Gasteiger partial charge in [0, 0.05) is 10.6 Å². The minimum atomic E-state index is -3.59. The summed E-state index contributed by atoms with van der Waals surface area (Å²) < 4.78 is 34.9. The Morgan fingerprint density at radius 3 is 2.58 bits per heavy atom. The van der Waals surface area contributed by atoms with Crippen molar-refractivity contribution in [2.45, 2.75) is 10.6 Å². The number of methoxy groups -OCH3 is 1. The molecule has 0 fully saturated rings. The van der Waals surface area contributed by atoms with Crippen molar-refractivity contribution in [1.82, 2.24) is 10.1 Å². The van der Waals surface area contributed by atoms with E-state index in [1.165, 1.54) is 19.2 Å². The van der Waals surface area contributed by atoms with Crippen LogP contribution in [0.5, 0.6) is 5.75 Å². The van der Waals surface area contributed by atoms with E-state index in [1.807, 2.05) is 0 Å². The fourth-order valence-corrected chi connectivity index (χ4v) is 3.44. The van der Waals surface area contributed by atoms with Crippen LogP contribution in [-0.4, -0.2) is 25.7 Å². The summed E-state index contributed by atoms with van der Waals surface area (Å²) in [5.74, 6) is 0.501. The number of benzene rings is 2. The molecule has 1 aromatic heterocycles. The van der Waals surface area contributed by atoms with Gasteiger partial charge in [-0.3, -0.25) is 0 Å². The highest BCUT2D eigenvalue weighted by atomic mass is 35.5. The number of ether oxygens (including phenoxy) is 1. The highest BCUT2D eigenvalue weighted by Gasteiger charge is 2.20. The van der Waals surface area contributed by atoms with Gasteiger partial charge in [0.2, 0.25) is 11.7 Å². The van der Waals surface area contributed by atoms with Gasteiger partial charge in [-0.2, -0.15) is 4.98 Å². The third-order valence-electron chi connectivity index (χ3n) is 3.28. The van der Waals surface area contributed by atoms with E-state index in [9.17, 15) is 8.42 Å². The van der Waals surface area contributed by atoms with Crippen LogP contribution in [-0.2, 0) is 15.6 Å². The molecule has 0 unspecified atom stereocenters. The van der Waals surface area contributed by atoms with Crippen LogP contribution in [0.1, 0.15) is 5.89 Å². The van der Waals surface area contributed by atoms with Crippen molar-refractivity contribution in [3.63, 3.8) is 0 Å². The summed E-state index contributed by atoms with van der Waals surface area (Å²) in [5, 5.41) is 4.34. The number of nitrogens with zero attached hydrogens (tertiary/aromatic N) is 2. The first kappa shape index (κ1) is 16.5. The summed E-state index contributed by atoms with van der Waals surface area (Å²) >= 11 is 5.92. The first-order valence-corrected chi connectivity index (χ1v) is 8.96. The largest absolute Gasteiger partial charge is 0.497 e. The van der Waals surface area contributed by atoms with Crippen molar-refractivity contribution in [3.8, 4) is 17.1 Å². The molecule has 0 N–H and O–H groups in total.